The van der Waals surface area contributed by atoms with Crippen LogP contribution in [0.2, 0.25) is 10.6 Å². The van der Waals surface area contributed by atoms with Gasteiger partial charge in [-0.25, -0.2) is 0 Å². The Kier molecular flexibility index (Phi) is 15.2. The quantitative estimate of drug-likeness (QED) is 0.0766. The zero-order valence-corrected chi connectivity index (χ0v) is 28.4. The summed E-state index contributed by atoms with van der Waals surface area (Å²) in [7, 11) is 1.67. The van der Waals surface area contributed by atoms with Gasteiger partial charge in [-0.1, -0.05) is 0 Å². The van der Waals surface area contributed by atoms with Crippen LogP contribution in [-0.2, 0) is 0 Å². The highest BCUT2D eigenvalue weighted by atomic mass is 35.5. The Morgan fingerprint density at radius 1 is 0.600 bits per heavy atom. The third-order valence-electron chi connectivity index (χ3n) is 4.78. The molecule has 1 aliphatic carbocycles. The Morgan fingerprint density at radius 3 is 1.33 bits per heavy atom. The van der Waals surface area contributed by atoms with Gasteiger partial charge in [0.05, 0.1) is 0 Å². The number of nitrogens with zero attached hydrogens (tertiary/aromatic N) is 12. The predicted octanol–water partition coefficient (Wildman–Crippen LogP) is 5.76. The van der Waals surface area contributed by atoms with Crippen LogP contribution >= 0.6 is 23.2 Å². The first-order valence-corrected chi connectivity index (χ1v) is 15.2. The molecule has 3 aromatic rings. The van der Waals surface area contributed by atoms with E-state index in [1.807, 2.05) is 55.4 Å². The third-order valence-corrected chi connectivity index (χ3v) is 5.12. The van der Waals surface area contributed by atoms with E-state index in [9.17, 15) is 0 Å². The van der Waals surface area contributed by atoms with Gasteiger partial charge >= 0.3 is 0 Å². The van der Waals surface area contributed by atoms with Gasteiger partial charge in [-0.05, 0) is 102 Å². The predicted molar refractivity (Wildman–Crippen MR) is 180 cm³/mol. The normalized spacial score (nSPS) is 12.0. The van der Waals surface area contributed by atoms with E-state index in [0.29, 0.717) is 41.7 Å². The number of anilines is 6. The summed E-state index contributed by atoms with van der Waals surface area (Å²) >= 11 is 11.6. The summed E-state index contributed by atoms with van der Waals surface area (Å²) in [6.07, 6.45) is 2.35. The van der Waals surface area contributed by atoms with E-state index in [1.165, 1.54) is 12.8 Å². The van der Waals surface area contributed by atoms with Gasteiger partial charge in [0.15, 0.2) is 0 Å². The average molecular weight is 666 g/mol. The Morgan fingerprint density at radius 2 is 0.956 bits per heavy atom. The van der Waals surface area contributed by atoms with Crippen molar-refractivity contribution in [3.8, 4) is 0 Å². The molecule has 0 unspecified atom stereocenters. The SMILES string of the molecule is CC(C)Nc1nc(Cl)nc(NC(C)C)n1.CC(C)Nc1nc(Cl)nc(NC2CC2)n1.CNc1nc(N=[N+]=[N-])nc(NC(C)C)n1. The molecule has 0 saturated heterocycles. The van der Waals surface area contributed by atoms with Crippen LogP contribution in [0.4, 0.5) is 41.6 Å². The minimum absolute atomic E-state index is 0.0417. The highest BCUT2D eigenvalue weighted by Gasteiger charge is 2.22. The lowest BCUT2D eigenvalue weighted by Gasteiger charge is -2.11. The first-order valence-electron chi connectivity index (χ1n) is 14.4. The lowest BCUT2D eigenvalue weighted by Crippen LogP contribution is -2.17. The van der Waals surface area contributed by atoms with E-state index in [1.54, 1.807) is 7.05 Å². The maximum absolute atomic E-state index is 8.27. The second kappa shape index (κ2) is 18.5. The second-order valence-corrected chi connectivity index (χ2v) is 11.5. The minimum atomic E-state index is 0.0417. The van der Waals surface area contributed by atoms with Crippen molar-refractivity contribution in [3.05, 3.63) is 21.0 Å². The fourth-order valence-corrected chi connectivity index (χ4v) is 3.35. The molecule has 3 heterocycles. The van der Waals surface area contributed by atoms with Crippen molar-refractivity contribution < 1.29 is 0 Å². The highest BCUT2D eigenvalue weighted by molar-refractivity contribution is 6.28. The van der Waals surface area contributed by atoms with Crippen LogP contribution in [0.25, 0.3) is 10.4 Å². The molecule has 45 heavy (non-hydrogen) atoms. The van der Waals surface area contributed by atoms with E-state index >= 15 is 0 Å². The van der Waals surface area contributed by atoms with Crippen LogP contribution in [-0.4, -0.2) is 82.1 Å². The topological polar surface area (TPSA) is 237 Å². The van der Waals surface area contributed by atoms with Crippen molar-refractivity contribution in [2.75, 3.05) is 38.9 Å². The van der Waals surface area contributed by atoms with Gasteiger partial charge in [0.25, 0.3) is 0 Å². The highest BCUT2D eigenvalue weighted by Crippen LogP contribution is 2.23. The number of aromatic nitrogens is 9. The van der Waals surface area contributed by atoms with Crippen LogP contribution in [0.1, 0.15) is 68.2 Å². The fourth-order valence-electron chi connectivity index (χ4n) is 3.03. The first-order chi connectivity index (χ1) is 21.3. The molecule has 0 aliphatic heterocycles. The van der Waals surface area contributed by atoms with E-state index < -0.39 is 0 Å². The molecule has 0 radical (unpaired) electrons. The number of azide groups is 1. The van der Waals surface area contributed by atoms with E-state index in [-0.39, 0.29) is 40.7 Å². The summed E-state index contributed by atoms with van der Waals surface area (Å²) in [5.41, 5.74) is 8.27. The molecule has 1 aliphatic rings. The van der Waals surface area contributed by atoms with Crippen molar-refractivity contribution in [3.63, 3.8) is 0 Å². The largest absolute Gasteiger partial charge is 0.357 e. The van der Waals surface area contributed by atoms with E-state index in [2.05, 4.69) is 86.8 Å². The molecular weight excluding hydrogens is 623 g/mol. The average Bonchev–Trinajstić information content (AvgIpc) is 3.71. The standard InChI is InChI=1S/C9H14ClN5.C9H16ClN5.C7H12N8/c1-5(2)11-8-13-7(10)14-9(15-8)12-6-3-4-6;1-5(2)11-8-13-7(10)14-9(15-8)12-6(3)4;1-4(2)10-6-11-5(9-3)12-7(13-6)14-15-8/h5-6H,3-4H2,1-2H3,(H2,11,12,13,14,15);5-6H,1-4H3,(H2,11,12,13,14,15);4H,1-3H3,(H2,9,10,11,12,13). The zero-order chi connectivity index (χ0) is 33.5. The zero-order valence-electron chi connectivity index (χ0n) is 26.9. The molecule has 18 nitrogen and oxygen atoms in total. The van der Waals surface area contributed by atoms with Gasteiger partial charge in [-0.3, -0.25) is 0 Å². The van der Waals surface area contributed by atoms with E-state index in [0.717, 1.165) is 0 Å². The van der Waals surface area contributed by atoms with Crippen molar-refractivity contribution >= 4 is 64.8 Å². The van der Waals surface area contributed by atoms with Crippen molar-refractivity contribution in [1.29, 1.82) is 0 Å². The fraction of sp³-hybridized carbons (Fsp3) is 0.640. The lowest BCUT2D eigenvalue weighted by molar-refractivity contribution is 0.845. The first kappa shape index (κ1) is 36.9. The number of hydrogen-bond donors (Lipinski definition) is 6. The van der Waals surface area contributed by atoms with Gasteiger partial charge < -0.3 is 31.9 Å². The number of halogens is 2. The summed E-state index contributed by atoms with van der Waals surface area (Å²) in [6, 6.07) is 1.49. The van der Waals surface area contributed by atoms with Crippen LogP contribution in [0, 0.1) is 0 Å². The molecule has 0 aromatic carbocycles. The van der Waals surface area contributed by atoms with E-state index in [4.69, 9.17) is 28.7 Å². The van der Waals surface area contributed by atoms with Gasteiger partial charge in [-0.15, -0.1) is 0 Å². The molecule has 1 fully saturated rings. The molecule has 1 saturated carbocycles. The van der Waals surface area contributed by atoms with Crippen LogP contribution in [0.15, 0.2) is 5.11 Å². The summed E-state index contributed by atoms with van der Waals surface area (Å²) in [4.78, 5) is 38.8. The Hall–Kier alpha value is -4.28. The van der Waals surface area contributed by atoms with Crippen molar-refractivity contribution in [2.24, 2.45) is 5.11 Å². The smallest absolute Gasteiger partial charge is 0.229 e. The van der Waals surface area contributed by atoms with Crippen molar-refractivity contribution in [2.45, 2.75) is 98.4 Å². The maximum atomic E-state index is 8.27. The van der Waals surface area contributed by atoms with Gasteiger partial charge in [-0.2, -0.15) is 44.9 Å². The number of rotatable bonds is 12. The summed E-state index contributed by atoms with van der Waals surface area (Å²) in [6.45, 7) is 16.0. The number of nitrogens with one attached hydrogen (secondary N) is 6. The molecule has 20 heteroatoms. The monoisotopic (exact) mass is 664 g/mol. The Balaban J connectivity index is 0.000000235. The van der Waals surface area contributed by atoms with Crippen LogP contribution < -0.4 is 31.9 Å². The molecule has 4 rings (SSSR count). The second-order valence-electron chi connectivity index (χ2n) is 10.8. The Labute approximate surface area is 272 Å². The molecule has 0 spiro atoms. The molecular formula is C25H42Cl2N18. The van der Waals surface area contributed by atoms with Gasteiger partial charge in [0, 0.05) is 42.2 Å². The summed E-state index contributed by atoms with van der Waals surface area (Å²) in [5, 5.41) is 21.9. The minimum Gasteiger partial charge on any atom is -0.357 e. The molecule has 246 valence electrons. The van der Waals surface area contributed by atoms with Gasteiger partial charge in [0.1, 0.15) is 0 Å². The summed E-state index contributed by atoms with van der Waals surface area (Å²) < 4.78 is 0. The molecule has 0 amide bonds. The van der Waals surface area contributed by atoms with Crippen LogP contribution in [0.5, 0.6) is 0 Å². The molecule has 0 atom stereocenters. The van der Waals surface area contributed by atoms with Gasteiger partial charge in [0.2, 0.25) is 52.2 Å². The summed E-state index contributed by atoms with van der Waals surface area (Å²) in [5.74, 6) is 2.84. The molecule has 6 N–H and O–H groups in total. The maximum Gasteiger partial charge on any atom is 0.229 e. The third kappa shape index (κ3) is 15.8. The number of hydrogen-bond acceptors (Lipinski definition) is 16. The lowest BCUT2D eigenvalue weighted by atomic mass is 10.4. The molecule has 3 aromatic heterocycles. The Bertz CT molecular complexity index is 1280. The molecule has 0 bridgehead atoms. The van der Waals surface area contributed by atoms with Crippen molar-refractivity contribution in [1.82, 2.24) is 44.9 Å². The van der Waals surface area contributed by atoms with Crippen LogP contribution in [0.3, 0.4) is 0 Å².